The first-order chi connectivity index (χ1) is 13.2. The Balaban J connectivity index is 1.53. The summed E-state index contributed by atoms with van der Waals surface area (Å²) in [7, 11) is 0. The molecule has 4 nitrogen and oxygen atoms in total. The van der Waals surface area contributed by atoms with Crippen molar-refractivity contribution in [1.82, 2.24) is 10.3 Å². The van der Waals surface area contributed by atoms with Crippen molar-refractivity contribution in [3.05, 3.63) is 54.7 Å². The molecule has 0 unspecified atom stereocenters. The van der Waals surface area contributed by atoms with E-state index in [9.17, 15) is 0 Å². The standard InChI is InChI=1S/C23H26N2O2/c1-16(2)26-23-14-20-13-18(3-4-19(20)15-25-23)17-5-7-21(8-6-17)27-22-9-11-24-12-10-22/h3-8,13-16,22,24H,9-12H2,1-2H3. The minimum absolute atomic E-state index is 0.116. The van der Waals surface area contributed by atoms with Gasteiger partial charge in [0.05, 0.1) is 6.10 Å². The number of ether oxygens (including phenoxy) is 2. The van der Waals surface area contributed by atoms with Crippen LogP contribution in [0.25, 0.3) is 21.9 Å². The Bertz CT molecular complexity index is 900. The van der Waals surface area contributed by atoms with Crippen LogP contribution in [0.1, 0.15) is 26.7 Å². The molecule has 2 aromatic carbocycles. The average Bonchev–Trinajstić information content (AvgIpc) is 2.68. The lowest BCUT2D eigenvalue weighted by molar-refractivity contribution is 0.162. The Kier molecular flexibility index (Phi) is 5.26. The zero-order valence-electron chi connectivity index (χ0n) is 15.9. The van der Waals surface area contributed by atoms with E-state index in [0.29, 0.717) is 12.0 Å². The van der Waals surface area contributed by atoms with Gasteiger partial charge >= 0.3 is 0 Å². The first-order valence-corrected chi connectivity index (χ1v) is 9.72. The summed E-state index contributed by atoms with van der Waals surface area (Å²) in [5, 5.41) is 5.61. The molecule has 27 heavy (non-hydrogen) atoms. The molecule has 1 aromatic heterocycles. The summed E-state index contributed by atoms with van der Waals surface area (Å²) in [5.41, 5.74) is 2.36. The fourth-order valence-electron chi connectivity index (χ4n) is 3.44. The van der Waals surface area contributed by atoms with Crippen LogP contribution in [0.2, 0.25) is 0 Å². The van der Waals surface area contributed by atoms with Crippen LogP contribution in [0.3, 0.4) is 0 Å². The maximum Gasteiger partial charge on any atom is 0.214 e. The summed E-state index contributed by atoms with van der Waals surface area (Å²) >= 11 is 0. The molecule has 0 bridgehead atoms. The number of pyridine rings is 1. The van der Waals surface area contributed by atoms with Crippen LogP contribution >= 0.6 is 0 Å². The molecule has 3 aromatic rings. The van der Waals surface area contributed by atoms with Crippen LogP contribution in [-0.4, -0.2) is 30.3 Å². The molecule has 0 spiro atoms. The molecule has 1 saturated heterocycles. The van der Waals surface area contributed by atoms with Crippen LogP contribution < -0.4 is 14.8 Å². The number of piperidine rings is 1. The highest BCUT2D eigenvalue weighted by Gasteiger charge is 2.14. The van der Waals surface area contributed by atoms with Gasteiger partial charge in [0.2, 0.25) is 5.88 Å². The molecule has 0 radical (unpaired) electrons. The Morgan fingerprint density at radius 1 is 0.926 bits per heavy atom. The minimum Gasteiger partial charge on any atom is -0.490 e. The summed E-state index contributed by atoms with van der Waals surface area (Å²) in [4.78, 5) is 4.37. The lowest BCUT2D eigenvalue weighted by atomic mass is 10.0. The second kappa shape index (κ2) is 7.97. The number of benzene rings is 2. The molecule has 0 saturated carbocycles. The summed E-state index contributed by atoms with van der Waals surface area (Å²) in [6.45, 7) is 6.10. The van der Waals surface area contributed by atoms with E-state index >= 15 is 0 Å². The molecule has 0 atom stereocenters. The maximum atomic E-state index is 6.10. The zero-order chi connectivity index (χ0) is 18.6. The largest absolute Gasteiger partial charge is 0.490 e. The Morgan fingerprint density at radius 2 is 1.67 bits per heavy atom. The first-order valence-electron chi connectivity index (χ1n) is 9.72. The van der Waals surface area contributed by atoms with Crippen LogP contribution in [0.15, 0.2) is 54.7 Å². The number of rotatable bonds is 5. The SMILES string of the molecule is CC(C)Oc1cc2cc(-c3ccc(OC4CCNCC4)cc3)ccc2cn1. The summed E-state index contributed by atoms with van der Waals surface area (Å²) in [6.07, 6.45) is 4.45. The fraction of sp³-hybridized carbons (Fsp3) is 0.348. The summed E-state index contributed by atoms with van der Waals surface area (Å²) < 4.78 is 11.8. The monoisotopic (exact) mass is 362 g/mol. The molecule has 1 aliphatic rings. The number of hydrogen-bond donors (Lipinski definition) is 1. The molecular formula is C23H26N2O2. The maximum absolute atomic E-state index is 6.10. The predicted molar refractivity (Wildman–Crippen MR) is 109 cm³/mol. The highest BCUT2D eigenvalue weighted by molar-refractivity contribution is 5.87. The van der Waals surface area contributed by atoms with Gasteiger partial charge in [-0.1, -0.05) is 24.3 Å². The molecule has 0 aliphatic carbocycles. The van der Waals surface area contributed by atoms with Crippen molar-refractivity contribution in [2.45, 2.75) is 38.9 Å². The molecular weight excluding hydrogens is 336 g/mol. The quantitative estimate of drug-likeness (QED) is 0.707. The molecule has 1 aliphatic heterocycles. The normalized spacial score (nSPS) is 15.2. The van der Waals surface area contributed by atoms with E-state index in [1.807, 2.05) is 26.1 Å². The van der Waals surface area contributed by atoms with Gasteiger partial charge < -0.3 is 14.8 Å². The second-order valence-electron chi connectivity index (χ2n) is 7.34. The molecule has 4 rings (SSSR count). The number of fused-ring (bicyclic) bond motifs is 1. The van der Waals surface area contributed by atoms with Gasteiger partial charge in [-0.15, -0.1) is 0 Å². The Morgan fingerprint density at radius 3 is 2.41 bits per heavy atom. The van der Waals surface area contributed by atoms with Gasteiger partial charge in [-0.2, -0.15) is 0 Å². The Hall–Kier alpha value is -2.59. The van der Waals surface area contributed by atoms with Crippen molar-refractivity contribution in [1.29, 1.82) is 0 Å². The van der Waals surface area contributed by atoms with E-state index in [0.717, 1.165) is 42.5 Å². The summed E-state index contributed by atoms with van der Waals surface area (Å²) in [5.74, 6) is 1.61. The van der Waals surface area contributed by atoms with Crippen molar-refractivity contribution in [3.8, 4) is 22.8 Å². The fourth-order valence-corrected chi connectivity index (χ4v) is 3.44. The van der Waals surface area contributed by atoms with Gasteiger partial charge in [-0.05, 0) is 74.5 Å². The molecule has 1 N–H and O–H groups in total. The van der Waals surface area contributed by atoms with Gasteiger partial charge in [-0.3, -0.25) is 0 Å². The number of hydrogen-bond acceptors (Lipinski definition) is 4. The van der Waals surface area contributed by atoms with E-state index in [1.54, 1.807) is 0 Å². The van der Waals surface area contributed by atoms with E-state index < -0.39 is 0 Å². The summed E-state index contributed by atoms with van der Waals surface area (Å²) in [6, 6.07) is 16.8. The van der Waals surface area contributed by atoms with Gasteiger partial charge in [-0.25, -0.2) is 4.98 Å². The molecule has 4 heteroatoms. The van der Waals surface area contributed by atoms with E-state index in [2.05, 4.69) is 52.8 Å². The minimum atomic E-state index is 0.116. The topological polar surface area (TPSA) is 43.4 Å². The van der Waals surface area contributed by atoms with E-state index in [-0.39, 0.29) is 6.10 Å². The van der Waals surface area contributed by atoms with Crippen LogP contribution in [0.4, 0.5) is 0 Å². The number of nitrogens with one attached hydrogen (secondary N) is 1. The average molecular weight is 362 g/mol. The lowest BCUT2D eigenvalue weighted by Gasteiger charge is -2.23. The van der Waals surface area contributed by atoms with Crippen molar-refractivity contribution in [2.24, 2.45) is 0 Å². The molecule has 140 valence electrons. The first kappa shape index (κ1) is 17.8. The van der Waals surface area contributed by atoms with Crippen molar-refractivity contribution in [3.63, 3.8) is 0 Å². The number of nitrogens with zero attached hydrogens (tertiary/aromatic N) is 1. The van der Waals surface area contributed by atoms with Gasteiger partial charge in [0, 0.05) is 17.6 Å². The second-order valence-corrected chi connectivity index (χ2v) is 7.34. The van der Waals surface area contributed by atoms with Crippen LogP contribution in [0.5, 0.6) is 11.6 Å². The van der Waals surface area contributed by atoms with E-state index in [1.165, 1.54) is 11.1 Å². The third kappa shape index (κ3) is 4.40. The number of aromatic nitrogens is 1. The zero-order valence-corrected chi connectivity index (χ0v) is 15.9. The van der Waals surface area contributed by atoms with Crippen molar-refractivity contribution >= 4 is 10.8 Å². The van der Waals surface area contributed by atoms with Gasteiger partial charge in [0.25, 0.3) is 0 Å². The van der Waals surface area contributed by atoms with Crippen molar-refractivity contribution in [2.75, 3.05) is 13.1 Å². The highest BCUT2D eigenvalue weighted by Crippen LogP contribution is 2.28. The Labute approximate surface area is 160 Å². The molecule has 1 fully saturated rings. The third-order valence-electron chi connectivity index (χ3n) is 4.83. The van der Waals surface area contributed by atoms with Crippen molar-refractivity contribution < 1.29 is 9.47 Å². The predicted octanol–water partition coefficient (Wildman–Crippen LogP) is 4.82. The smallest absolute Gasteiger partial charge is 0.214 e. The third-order valence-corrected chi connectivity index (χ3v) is 4.83. The lowest BCUT2D eigenvalue weighted by Crippen LogP contribution is -2.34. The van der Waals surface area contributed by atoms with Crippen LogP contribution in [0, 0.1) is 0 Å². The molecule has 2 heterocycles. The van der Waals surface area contributed by atoms with Gasteiger partial charge in [0.15, 0.2) is 0 Å². The highest BCUT2D eigenvalue weighted by atomic mass is 16.5. The van der Waals surface area contributed by atoms with E-state index in [4.69, 9.17) is 9.47 Å². The molecule has 0 amide bonds. The van der Waals surface area contributed by atoms with Crippen LogP contribution in [-0.2, 0) is 0 Å². The van der Waals surface area contributed by atoms with Gasteiger partial charge in [0.1, 0.15) is 11.9 Å².